The Morgan fingerprint density at radius 3 is 2.37 bits per heavy atom. The monoisotopic (exact) mass is 534 g/mol. The van der Waals surface area contributed by atoms with Crippen LogP contribution in [0.2, 0.25) is 5.02 Å². The number of fused-ring (bicyclic) bond motifs is 1. The number of aromatic nitrogens is 1. The fourth-order valence-electron chi connectivity index (χ4n) is 3.72. The number of methoxy groups -OCH3 is 3. The number of thiazole rings is 1. The predicted octanol–water partition coefficient (Wildman–Crippen LogP) is 4.27. The molecule has 0 aliphatic carbocycles. The van der Waals surface area contributed by atoms with E-state index in [-0.39, 0.29) is 16.3 Å². The average molecular weight is 535 g/mol. The lowest BCUT2D eigenvalue weighted by Crippen LogP contribution is -2.23. The minimum Gasteiger partial charge on any atom is -0.493 e. The number of nitrogens with zero attached hydrogens (tertiary/aromatic N) is 1. The van der Waals surface area contributed by atoms with Gasteiger partial charge in [0.1, 0.15) is 0 Å². The van der Waals surface area contributed by atoms with Crippen molar-refractivity contribution in [3.63, 3.8) is 0 Å². The second-order valence-electron chi connectivity index (χ2n) is 7.49. The van der Waals surface area contributed by atoms with E-state index in [1.54, 1.807) is 28.8 Å². The normalized spacial score (nSPS) is 11.5. The van der Waals surface area contributed by atoms with Gasteiger partial charge in [0, 0.05) is 17.1 Å². The topological polar surface area (TPSA) is 95.9 Å². The molecule has 0 spiro atoms. The summed E-state index contributed by atoms with van der Waals surface area (Å²) >= 11 is 7.23. The average Bonchev–Trinajstić information content (AvgIpc) is 3.17. The van der Waals surface area contributed by atoms with Crippen molar-refractivity contribution in [2.45, 2.75) is 18.0 Å². The van der Waals surface area contributed by atoms with Crippen LogP contribution in [-0.4, -0.2) is 34.3 Å². The fourth-order valence-corrected chi connectivity index (χ4v) is 5.95. The smallest absolute Gasteiger partial charge is 0.308 e. The molecule has 0 saturated carbocycles. The molecule has 184 valence electrons. The van der Waals surface area contributed by atoms with Crippen LogP contribution in [0.25, 0.3) is 10.2 Å². The first-order chi connectivity index (χ1) is 16.8. The molecule has 0 aliphatic rings. The molecule has 0 amide bonds. The number of ether oxygens (including phenoxy) is 3. The van der Waals surface area contributed by atoms with Gasteiger partial charge in [-0.15, -0.1) is 0 Å². The van der Waals surface area contributed by atoms with Gasteiger partial charge in [0.25, 0.3) is 0 Å². The van der Waals surface area contributed by atoms with E-state index in [1.807, 2.05) is 18.2 Å². The molecule has 0 unspecified atom stereocenters. The molecule has 4 aromatic rings. The Kier molecular flexibility index (Phi) is 7.36. The maximum Gasteiger partial charge on any atom is 0.308 e. The van der Waals surface area contributed by atoms with Crippen LogP contribution in [-0.2, 0) is 23.1 Å². The second-order valence-corrected chi connectivity index (χ2v) is 10.7. The largest absolute Gasteiger partial charge is 0.493 e. The number of halogens is 1. The molecule has 0 saturated heterocycles. The Balaban J connectivity index is 1.61. The van der Waals surface area contributed by atoms with Crippen molar-refractivity contribution in [2.24, 2.45) is 0 Å². The zero-order chi connectivity index (χ0) is 25.2. The summed E-state index contributed by atoms with van der Waals surface area (Å²) in [7, 11) is 0.573. The van der Waals surface area contributed by atoms with Gasteiger partial charge >= 0.3 is 4.87 Å². The van der Waals surface area contributed by atoms with E-state index < -0.39 is 10.0 Å². The van der Waals surface area contributed by atoms with E-state index in [1.165, 1.54) is 33.5 Å². The second kappa shape index (κ2) is 10.3. The minimum absolute atomic E-state index is 0.0341. The maximum absolute atomic E-state index is 13.0. The van der Waals surface area contributed by atoms with Gasteiger partial charge in [0.15, 0.2) is 11.5 Å². The van der Waals surface area contributed by atoms with E-state index in [4.69, 9.17) is 25.8 Å². The Hall–Kier alpha value is -3.05. The van der Waals surface area contributed by atoms with Crippen LogP contribution < -0.4 is 23.8 Å². The Morgan fingerprint density at radius 1 is 0.943 bits per heavy atom. The molecule has 35 heavy (non-hydrogen) atoms. The third-order valence-electron chi connectivity index (χ3n) is 5.47. The third kappa shape index (κ3) is 5.01. The standard InChI is InChI=1S/C24H23ClN2O6S2/c1-31-20-11-8-15(22(32-2)23(20)33-3)13-26-35(29,30)17-9-10-19-21(12-17)34-24(28)27(19)14-16-6-4-5-7-18(16)25/h4-12,26H,13-14H2,1-3H3. The van der Waals surface area contributed by atoms with Gasteiger partial charge in [-0.25, -0.2) is 13.1 Å². The predicted molar refractivity (Wildman–Crippen MR) is 137 cm³/mol. The van der Waals surface area contributed by atoms with Crippen LogP contribution in [0.5, 0.6) is 17.2 Å². The van der Waals surface area contributed by atoms with Gasteiger partial charge in [-0.2, -0.15) is 0 Å². The lowest BCUT2D eigenvalue weighted by atomic mass is 10.1. The number of benzene rings is 3. The molecule has 0 atom stereocenters. The third-order valence-corrected chi connectivity index (χ3v) is 8.18. The molecule has 0 radical (unpaired) electrons. The summed E-state index contributed by atoms with van der Waals surface area (Å²) in [5.74, 6) is 1.22. The van der Waals surface area contributed by atoms with Crippen LogP contribution in [0.1, 0.15) is 11.1 Å². The fraction of sp³-hybridized carbons (Fsp3) is 0.208. The summed E-state index contributed by atoms with van der Waals surface area (Å²) in [6.07, 6.45) is 0. The highest BCUT2D eigenvalue weighted by molar-refractivity contribution is 7.89. The molecule has 1 N–H and O–H groups in total. The van der Waals surface area contributed by atoms with Crippen molar-refractivity contribution in [3.8, 4) is 17.2 Å². The molecule has 0 fully saturated rings. The van der Waals surface area contributed by atoms with E-state index >= 15 is 0 Å². The quantitative estimate of drug-likeness (QED) is 0.344. The molecule has 11 heteroatoms. The molecular weight excluding hydrogens is 512 g/mol. The molecule has 0 bridgehead atoms. The van der Waals surface area contributed by atoms with Crippen LogP contribution in [0, 0.1) is 0 Å². The number of rotatable bonds is 9. The van der Waals surface area contributed by atoms with Gasteiger partial charge in [0.2, 0.25) is 15.8 Å². The Morgan fingerprint density at radius 2 is 1.69 bits per heavy atom. The van der Waals surface area contributed by atoms with Gasteiger partial charge in [0.05, 0.1) is 43.0 Å². The van der Waals surface area contributed by atoms with Gasteiger partial charge in [-0.3, -0.25) is 9.36 Å². The summed E-state index contributed by atoms with van der Waals surface area (Å²) in [5, 5.41) is 0.563. The zero-order valence-electron chi connectivity index (χ0n) is 19.2. The Bertz CT molecular complexity index is 1550. The Labute approximate surface area is 211 Å². The first kappa shape index (κ1) is 25.1. The number of hydrogen-bond acceptors (Lipinski definition) is 7. The zero-order valence-corrected chi connectivity index (χ0v) is 21.6. The summed E-state index contributed by atoms with van der Waals surface area (Å²) < 4.78 is 46.9. The van der Waals surface area contributed by atoms with Crippen molar-refractivity contribution in [1.29, 1.82) is 0 Å². The first-order valence-electron chi connectivity index (χ1n) is 10.4. The van der Waals surface area contributed by atoms with Crippen molar-refractivity contribution in [1.82, 2.24) is 9.29 Å². The molecular formula is C24H23ClN2O6S2. The highest BCUT2D eigenvalue weighted by Gasteiger charge is 2.20. The SMILES string of the molecule is COc1ccc(CNS(=O)(=O)c2ccc3c(c2)sc(=O)n3Cc2ccccc2Cl)c(OC)c1OC. The van der Waals surface area contributed by atoms with E-state index in [9.17, 15) is 13.2 Å². The lowest BCUT2D eigenvalue weighted by molar-refractivity contribution is 0.322. The van der Waals surface area contributed by atoms with Crippen LogP contribution >= 0.6 is 22.9 Å². The summed E-state index contributed by atoms with van der Waals surface area (Å²) in [6.45, 7) is 0.260. The van der Waals surface area contributed by atoms with Gasteiger partial charge < -0.3 is 14.2 Å². The molecule has 1 aromatic heterocycles. The maximum atomic E-state index is 13.0. The highest BCUT2D eigenvalue weighted by atomic mass is 35.5. The minimum atomic E-state index is -3.88. The van der Waals surface area contributed by atoms with Crippen LogP contribution in [0.15, 0.2) is 64.3 Å². The van der Waals surface area contributed by atoms with Crippen molar-refractivity contribution < 1.29 is 22.6 Å². The van der Waals surface area contributed by atoms with Gasteiger partial charge in [-0.05, 0) is 35.9 Å². The molecule has 1 heterocycles. The number of nitrogens with one attached hydrogen (secondary N) is 1. The van der Waals surface area contributed by atoms with Crippen LogP contribution in [0.3, 0.4) is 0 Å². The lowest BCUT2D eigenvalue weighted by Gasteiger charge is -2.16. The summed E-state index contributed by atoms with van der Waals surface area (Å²) in [4.78, 5) is 12.5. The van der Waals surface area contributed by atoms with E-state index in [0.29, 0.717) is 44.6 Å². The number of hydrogen-bond donors (Lipinski definition) is 1. The number of sulfonamides is 1. The molecule has 4 rings (SSSR count). The first-order valence-corrected chi connectivity index (χ1v) is 13.1. The van der Waals surface area contributed by atoms with Crippen molar-refractivity contribution >= 4 is 43.2 Å². The van der Waals surface area contributed by atoms with E-state index in [2.05, 4.69) is 4.72 Å². The van der Waals surface area contributed by atoms with E-state index in [0.717, 1.165) is 16.9 Å². The molecule has 3 aromatic carbocycles. The highest BCUT2D eigenvalue weighted by Crippen LogP contribution is 2.39. The molecule has 8 nitrogen and oxygen atoms in total. The molecule has 0 aliphatic heterocycles. The summed E-state index contributed by atoms with van der Waals surface area (Å²) in [5.41, 5.74) is 2.02. The van der Waals surface area contributed by atoms with Crippen molar-refractivity contribution in [3.05, 3.63) is 80.4 Å². The summed E-state index contributed by atoms with van der Waals surface area (Å²) in [6, 6.07) is 15.3. The van der Waals surface area contributed by atoms with Crippen LogP contribution in [0.4, 0.5) is 0 Å². The van der Waals surface area contributed by atoms with Crippen molar-refractivity contribution in [2.75, 3.05) is 21.3 Å². The van der Waals surface area contributed by atoms with Gasteiger partial charge in [-0.1, -0.05) is 47.2 Å².